The molecule has 0 aliphatic heterocycles. The topological polar surface area (TPSA) is 25.8 Å². The first-order valence-electron chi connectivity index (χ1n) is 6.89. The summed E-state index contributed by atoms with van der Waals surface area (Å²) in [6.45, 7) is 2.16. The van der Waals surface area contributed by atoms with Crippen LogP contribution in [0.3, 0.4) is 0 Å². The molecular weight excluding hydrogens is 283 g/mol. The summed E-state index contributed by atoms with van der Waals surface area (Å²) >= 11 is 1.67. The molecule has 2 aromatic heterocycles. The number of thiazole rings is 1. The SMILES string of the molecule is CCC(c1ccncc1)c1ncc(-c2ccc(F)cc2)s1. The molecule has 0 saturated heterocycles. The standard InChI is InChI=1S/C17H15FN2S/c1-2-15(12-7-9-19-10-8-12)17-20-11-16(21-17)13-3-5-14(18)6-4-13/h3-11,15H,2H2,1H3. The second kappa shape index (κ2) is 6.14. The van der Waals surface area contributed by atoms with Crippen molar-refractivity contribution in [1.82, 2.24) is 9.97 Å². The van der Waals surface area contributed by atoms with E-state index in [0.29, 0.717) is 0 Å². The molecule has 2 nitrogen and oxygen atoms in total. The number of aromatic nitrogens is 2. The van der Waals surface area contributed by atoms with E-state index in [1.54, 1.807) is 23.5 Å². The van der Waals surface area contributed by atoms with Crippen LogP contribution in [0.25, 0.3) is 10.4 Å². The van der Waals surface area contributed by atoms with Crippen LogP contribution in [-0.2, 0) is 0 Å². The minimum atomic E-state index is -0.216. The second-order valence-corrected chi connectivity index (χ2v) is 5.87. The summed E-state index contributed by atoms with van der Waals surface area (Å²) in [5.74, 6) is 0.0684. The highest BCUT2D eigenvalue weighted by Crippen LogP contribution is 2.34. The lowest BCUT2D eigenvalue weighted by Crippen LogP contribution is -1.98. The molecule has 4 heteroatoms. The van der Waals surface area contributed by atoms with Gasteiger partial charge >= 0.3 is 0 Å². The second-order valence-electron chi connectivity index (χ2n) is 4.81. The van der Waals surface area contributed by atoms with Gasteiger partial charge in [-0.05, 0) is 41.8 Å². The van der Waals surface area contributed by atoms with Crippen molar-refractivity contribution in [2.24, 2.45) is 0 Å². The van der Waals surface area contributed by atoms with Crippen molar-refractivity contribution in [3.8, 4) is 10.4 Å². The maximum absolute atomic E-state index is 13.0. The van der Waals surface area contributed by atoms with E-state index >= 15 is 0 Å². The Morgan fingerprint density at radius 1 is 1.10 bits per heavy atom. The first-order chi connectivity index (χ1) is 10.3. The molecule has 106 valence electrons. The molecule has 0 radical (unpaired) electrons. The first-order valence-corrected chi connectivity index (χ1v) is 7.71. The van der Waals surface area contributed by atoms with Crippen LogP contribution in [0.4, 0.5) is 4.39 Å². The van der Waals surface area contributed by atoms with Crippen LogP contribution in [0, 0.1) is 5.82 Å². The minimum absolute atomic E-state index is 0.216. The Labute approximate surface area is 127 Å². The fraction of sp³-hybridized carbons (Fsp3) is 0.176. The quantitative estimate of drug-likeness (QED) is 0.685. The van der Waals surface area contributed by atoms with Gasteiger partial charge in [0.25, 0.3) is 0 Å². The van der Waals surface area contributed by atoms with E-state index in [2.05, 4.69) is 16.9 Å². The summed E-state index contributed by atoms with van der Waals surface area (Å²) in [5, 5.41) is 1.09. The Kier molecular flexibility index (Phi) is 4.06. The van der Waals surface area contributed by atoms with Crippen molar-refractivity contribution < 1.29 is 4.39 Å². The number of halogens is 1. The van der Waals surface area contributed by atoms with Crippen molar-refractivity contribution in [3.63, 3.8) is 0 Å². The van der Waals surface area contributed by atoms with Crippen LogP contribution in [0.15, 0.2) is 55.0 Å². The summed E-state index contributed by atoms with van der Waals surface area (Å²) in [7, 11) is 0. The van der Waals surface area contributed by atoms with E-state index in [4.69, 9.17) is 0 Å². The van der Waals surface area contributed by atoms with Gasteiger partial charge < -0.3 is 0 Å². The van der Waals surface area contributed by atoms with Crippen LogP contribution in [0.5, 0.6) is 0 Å². The third-order valence-corrected chi connectivity index (χ3v) is 4.63. The minimum Gasteiger partial charge on any atom is -0.265 e. The van der Waals surface area contributed by atoms with Crippen molar-refractivity contribution in [2.45, 2.75) is 19.3 Å². The van der Waals surface area contributed by atoms with Gasteiger partial charge in [-0.15, -0.1) is 11.3 Å². The highest BCUT2D eigenvalue weighted by molar-refractivity contribution is 7.15. The molecule has 0 aliphatic rings. The van der Waals surface area contributed by atoms with Gasteiger partial charge in [-0.1, -0.05) is 19.1 Å². The maximum atomic E-state index is 13.0. The lowest BCUT2D eigenvalue weighted by molar-refractivity contribution is 0.628. The molecule has 1 unspecified atom stereocenters. The van der Waals surface area contributed by atoms with Crippen LogP contribution >= 0.6 is 11.3 Å². The zero-order valence-electron chi connectivity index (χ0n) is 11.7. The van der Waals surface area contributed by atoms with Crippen molar-refractivity contribution in [3.05, 3.63) is 71.4 Å². The van der Waals surface area contributed by atoms with Gasteiger partial charge in [0.05, 0.1) is 4.88 Å². The Balaban J connectivity index is 1.92. The number of pyridine rings is 1. The first kappa shape index (κ1) is 13.9. The molecule has 0 bridgehead atoms. The van der Waals surface area contributed by atoms with Crippen LogP contribution in [0.1, 0.15) is 29.8 Å². The van der Waals surface area contributed by atoms with Crippen molar-refractivity contribution >= 4 is 11.3 Å². The molecule has 1 aromatic carbocycles. The van der Waals surface area contributed by atoms with Gasteiger partial charge in [-0.3, -0.25) is 4.98 Å². The Morgan fingerprint density at radius 3 is 2.48 bits per heavy atom. The molecule has 21 heavy (non-hydrogen) atoms. The molecule has 0 spiro atoms. The molecule has 3 aromatic rings. The highest BCUT2D eigenvalue weighted by Gasteiger charge is 2.16. The molecule has 0 fully saturated rings. The number of benzene rings is 1. The number of rotatable bonds is 4. The number of hydrogen-bond acceptors (Lipinski definition) is 3. The van der Waals surface area contributed by atoms with E-state index in [1.165, 1.54) is 17.7 Å². The van der Waals surface area contributed by atoms with Crippen molar-refractivity contribution in [1.29, 1.82) is 0 Å². The van der Waals surface area contributed by atoms with Gasteiger partial charge in [0.1, 0.15) is 10.8 Å². The maximum Gasteiger partial charge on any atom is 0.123 e. The molecule has 0 aliphatic carbocycles. The molecule has 3 rings (SSSR count). The van der Waals surface area contributed by atoms with Gasteiger partial charge in [0.2, 0.25) is 0 Å². The monoisotopic (exact) mass is 298 g/mol. The molecule has 2 heterocycles. The summed E-state index contributed by atoms with van der Waals surface area (Å²) in [4.78, 5) is 9.70. The van der Waals surface area contributed by atoms with E-state index < -0.39 is 0 Å². The van der Waals surface area contributed by atoms with E-state index in [9.17, 15) is 4.39 Å². The zero-order chi connectivity index (χ0) is 14.7. The predicted octanol–water partition coefficient (Wildman–Crippen LogP) is 4.89. The lowest BCUT2D eigenvalue weighted by Gasteiger charge is -2.11. The van der Waals surface area contributed by atoms with Crippen LogP contribution in [0.2, 0.25) is 0 Å². The summed E-state index contributed by atoms with van der Waals surface area (Å²) in [6, 6.07) is 10.6. The average molecular weight is 298 g/mol. The fourth-order valence-corrected chi connectivity index (χ4v) is 3.48. The predicted molar refractivity (Wildman–Crippen MR) is 83.9 cm³/mol. The normalized spacial score (nSPS) is 12.3. The Hall–Kier alpha value is -2.07. The van der Waals surface area contributed by atoms with Gasteiger partial charge in [-0.25, -0.2) is 9.37 Å². The lowest BCUT2D eigenvalue weighted by atomic mass is 9.98. The van der Waals surface area contributed by atoms with Crippen LogP contribution in [-0.4, -0.2) is 9.97 Å². The molecule has 0 N–H and O–H groups in total. The Bertz CT molecular complexity index is 707. The van der Waals surface area contributed by atoms with Gasteiger partial charge in [-0.2, -0.15) is 0 Å². The average Bonchev–Trinajstić information content (AvgIpc) is 2.99. The van der Waals surface area contributed by atoms with E-state index in [0.717, 1.165) is 21.9 Å². The van der Waals surface area contributed by atoms with Gasteiger partial charge in [0, 0.05) is 24.5 Å². The smallest absolute Gasteiger partial charge is 0.123 e. The number of nitrogens with zero attached hydrogens (tertiary/aromatic N) is 2. The third-order valence-electron chi connectivity index (χ3n) is 3.47. The summed E-state index contributed by atoms with van der Waals surface area (Å²) in [5.41, 5.74) is 2.23. The zero-order valence-corrected chi connectivity index (χ0v) is 12.5. The summed E-state index contributed by atoms with van der Waals surface area (Å²) < 4.78 is 13.0. The molecule has 1 atom stereocenters. The molecular formula is C17H15FN2S. The fourth-order valence-electron chi connectivity index (χ4n) is 2.34. The third kappa shape index (κ3) is 3.00. The highest BCUT2D eigenvalue weighted by atomic mass is 32.1. The largest absolute Gasteiger partial charge is 0.265 e. The molecule has 0 saturated carbocycles. The van der Waals surface area contributed by atoms with Crippen LogP contribution < -0.4 is 0 Å². The van der Waals surface area contributed by atoms with E-state index in [1.807, 2.05) is 30.7 Å². The Morgan fingerprint density at radius 2 is 1.81 bits per heavy atom. The van der Waals surface area contributed by atoms with Gasteiger partial charge in [0.15, 0.2) is 0 Å². The number of hydrogen-bond donors (Lipinski definition) is 0. The van der Waals surface area contributed by atoms with E-state index in [-0.39, 0.29) is 11.7 Å². The summed E-state index contributed by atoms with van der Waals surface area (Å²) in [6.07, 6.45) is 6.48. The molecule has 0 amide bonds. The van der Waals surface area contributed by atoms with Crippen molar-refractivity contribution in [2.75, 3.05) is 0 Å².